The van der Waals surface area contributed by atoms with Crippen LogP contribution in [-0.2, 0) is 0 Å². The Morgan fingerprint density at radius 2 is 2.13 bits per heavy atom. The van der Waals surface area contributed by atoms with E-state index in [0.29, 0.717) is 12.5 Å². The van der Waals surface area contributed by atoms with Crippen LogP contribution >= 0.6 is 0 Å². The van der Waals surface area contributed by atoms with Crippen LogP contribution in [0.2, 0.25) is 0 Å². The number of nitrogens with one attached hydrogen (secondary N) is 2. The first-order valence-corrected chi connectivity index (χ1v) is 6.39. The fraction of sp³-hybridized carbons (Fsp3) is 1.00. The molecule has 1 heterocycles. The predicted octanol–water partition coefficient (Wildman–Crippen LogP) is 0.984. The summed E-state index contributed by atoms with van der Waals surface area (Å²) < 4.78 is 0. The van der Waals surface area contributed by atoms with E-state index in [1.54, 1.807) is 0 Å². The van der Waals surface area contributed by atoms with Crippen LogP contribution in [0.15, 0.2) is 0 Å². The van der Waals surface area contributed by atoms with Crippen molar-refractivity contribution < 1.29 is 5.11 Å². The summed E-state index contributed by atoms with van der Waals surface area (Å²) in [6.07, 6.45) is 4.73. The quantitative estimate of drug-likeness (QED) is 0.592. The second-order valence-corrected chi connectivity index (χ2v) is 4.64. The van der Waals surface area contributed by atoms with E-state index in [-0.39, 0.29) is 0 Å². The third-order valence-corrected chi connectivity index (χ3v) is 3.44. The van der Waals surface area contributed by atoms with Crippen molar-refractivity contribution in [2.45, 2.75) is 32.6 Å². The maximum Gasteiger partial charge on any atom is 0.0434 e. The van der Waals surface area contributed by atoms with Gasteiger partial charge >= 0.3 is 0 Å². The van der Waals surface area contributed by atoms with E-state index in [9.17, 15) is 0 Å². The van der Waals surface area contributed by atoms with Gasteiger partial charge in [0.05, 0.1) is 0 Å². The maximum atomic E-state index is 8.88. The molecule has 3 N–H and O–H groups in total. The molecule has 1 aliphatic rings. The molecule has 1 unspecified atom stereocenters. The summed E-state index contributed by atoms with van der Waals surface area (Å²) in [4.78, 5) is 0. The molecule has 1 rings (SSSR count). The molecule has 1 fully saturated rings. The second-order valence-electron chi connectivity index (χ2n) is 4.64. The molecule has 0 bridgehead atoms. The number of rotatable bonds is 7. The lowest BCUT2D eigenvalue weighted by atomic mass is 9.97. The molecule has 0 aromatic heterocycles. The van der Waals surface area contributed by atoms with E-state index in [0.717, 1.165) is 25.4 Å². The Bertz CT molecular complexity index is 142. The Hall–Kier alpha value is -0.120. The highest BCUT2D eigenvalue weighted by atomic mass is 16.3. The Kier molecular flexibility index (Phi) is 6.98. The molecule has 0 radical (unpaired) electrons. The van der Waals surface area contributed by atoms with Crippen molar-refractivity contribution in [3.05, 3.63) is 0 Å². The Morgan fingerprint density at radius 3 is 2.73 bits per heavy atom. The van der Waals surface area contributed by atoms with Gasteiger partial charge in [-0.05, 0) is 57.3 Å². The van der Waals surface area contributed by atoms with Gasteiger partial charge in [0.2, 0.25) is 0 Å². The van der Waals surface area contributed by atoms with Gasteiger partial charge < -0.3 is 15.7 Å². The maximum absolute atomic E-state index is 8.88. The van der Waals surface area contributed by atoms with Crippen LogP contribution in [0.25, 0.3) is 0 Å². The van der Waals surface area contributed by atoms with Crippen molar-refractivity contribution in [2.75, 3.05) is 32.8 Å². The minimum Gasteiger partial charge on any atom is -0.396 e. The Morgan fingerprint density at radius 1 is 1.40 bits per heavy atom. The lowest BCUT2D eigenvalue weighted by molar-refractivity contribution is 0.248. The van der Waals surface area contributed by atoms with E-state index in [2.05, 4.69) is 17.6 Å². The van der Waals surface area contributed by atoms with Crippen molar-refractivity contribution in [3.8, 4) is 0 Å². The third-order valence-electron chi connectivity index (χ3n) is 3.44. The summed E-state index contributed by atoms with van der Waals surface area (Å²) in [5.41, 5.74) is 0. The van der Waals surface area contributed by atoms with Crippen LogP contribution in [0.5, 0.6) is 0 Å². The van der Waals surface area contributed by atoms with Crippen LogP contribution < -0.4 is 10.6 Å². The molecule has 15 heavy (non-hydrogen) atoms. The van der Waals surface area contributed by atoms with Gasteiger partial charge in [-0.3, -0.25) is 0 Å². The van der Waals surface area contributed by atoms with E-state index in [1.165, 1.54) is 32.4 Å². The summed E-state index contributed by atoms with van der Waals surface area (Å²) in [7, 11) is 0. The smallest absolute Gasteiger partial charge is 0.0434 e. The average Bonchev–Trinajstić information content (AvgIpc) is 2.29. The monoisotopic (exact) mass is 214 g/mol. The zero-order valence-electron chi connectivity index (χ0n) is 9.97. The molecule has 0 spiro atoms. The van der Waals surface area contributed by atoms with Gasteiger partial charge in [-0.2, -0.15) is 0 Å². The number of hydrogen-bond donors (Lipinski definition) is 3. The molecule has 0 aromatic carbocycles. The van der Waals surface area contributed by atoms with Crippen LogP contribution in [0.3, 0.4) is 0 Å². The fourth-order valence-electron chi connectivity index (χ4n) is 2.21. The highest BCUT2D eigenvalue weighted by molar-refractivity contribution is 4.71. The highest BCUT2D eigenvalue weighted by Crippen LogP contribution is 2.11. The minimum atomic E-state index is 0.327. The van der Waals surface area contributed by atoms with Gasteiger partial charge in [0.15, 0.2) is 0 Å². The fourth-order valence-corrected chi connectivity index (χ4v) is 2.21. The number of piperidine rings is 1. The van der Waals surface area contributed by atoms with Gasteiger partial charge in [-0.1, -0.05) is 13.3 Å². The number of aliphatic hydroxyl groups excluding tert-OH is 1. The minimum absolute atomic E-state index is 0.327. The molecular formula is C12H26N2O. The van der Waals surface area contributed by atoms with E-state index in [1.807, 2.05) is 0 Å². The lowest BCUT2D eigenvalue weighted by Crippen LogP contribution is -2.35. The van der Waals surface area contributed by atoms with Crippen LogP contribution in [0, 0.1) is 11.8 Å². The zero-order valence-corrected chi connectivity index (χ0v) is 9.97. The Balaban J connectivity index is 2.03. The topological polar surface area (TPSA) is 44.3 Å². The molecular weight excluding hydrogens is 188 g/mol. The summed E-state index contributed by atoms with van der Waals surface area (Å²) in [5, 5.41) is 15.8. The molecule has 0 amide bonds. The first-order valence-electron chi connectivity index (χ1n) is 6.39. The van der Waals surface area contributed by atoms with Gasteiger partial charge in [-0.25, -0.2) is 0 Å². The van der Waals surface area contributed by atoms with E-state index in [4.69, 9.17) is 5.11 Å². The van der Waals surface area contributed by atoms with Gasteiger partial charge in [0.1, 0.15) is 0 Å². The van der Waals surface area contributed by atoms with Crippen LogP contribution in [0.4, 0.5) is 0 Å². The van der Waals surface area contributed by atoms with Gasteiger partial charge in [-0.15, -0.1) is 0 Å². The molecule has 3 heteroatoms. The zero-order chi connectivity index (χ0) is 10.9. The first kappa shape index (κ1) is 12.9. The molecule has 1 saturated heterocycles. The molecule has 90 valence electrons. The number of aliphatic hydroxyl groups is 1. The standard InChI is InChI=1S/C12H26N2O/c1-2-11(5-8-15)9-14-10-12-3-6-13-7-4-12/h11-15H,2-10H2,1H3. The van der Waals surface area contributed by atoms with Crippen LogP contribution in [0.1, 0.15) is 32.6 Å². The predicted molar refractivity (Wildman–Crippen MR) is 63.9 cm³/mol. The molecule has 0 saturated carbocycles. The summed E-state index contributed by atoms with van der Waals surface area (Å²) in [6.45, 7) is 7.12. The summed E-state index contributed by atoms with van der Waals surface area (Å²) in [6, 6.07) is 0. The SMILES string of the molecule is CCC(CCO)CNCC1CCNCC1. The van der Waals surface area contributed by atoms with Crippen molar-refractivity contribution in [3.63, 3.8) is 0 Å². The largest absolute Gasteiger partial charge is 0.396 e. The normalized spacial score (nSPS) is 20.4. The van der Waals surface area contributed by atoms with Crippen molar-refractivity contribution >= 4 is 0 Å². The van der Waals surface area contributed by atoms with Crippen LogP contribution in [-0.4, -0.2) is 37.9 Å². The van der Waals surface area contributed by atoms with E-state index >= 15 is 0 Å². The van der Waals surface area contributed by atoms with Gasteiger partial charge in [0.25, 0.3) is 0 Å². The van der Waals surface area contributed by atoms with Gasteiger partial charge in [0, 0.05) is 6.61 Å². The third kappa shape index (κ3) is 5.50. The summed E-state index contributed by atoms with van der Waals surface area (Å²) >= 11 is 0. The van der Waals surface area contributed by atoms with E-state index < -0.39 is 0 Å². The highest BCUT2D eigenvalue weighted by Gasteiger charge is 2.13. The number of hydrogen-bond acceptors (Lipinski definition) is 3. The van der Waals surface area contributed by atoms with Crippen molar-refractivity contribution in [2.24, 2.45) is 11.8 Å². The lowest BCUT2D eigenvalue weighted by Gasteiger charge is -2.24. The molecule has 1 atom stereocenters. The first-order chi connectivity index (χ1) is 7.36. The molecule has 1 aliphatic heterocycles. The molecule has 3 nitrogen and oxygen atoms in total. The molecule has 0 aromatic rings. The Labute approximate surface area is 93.6 Å². The summed E-state index contributed by atoms with van der Waals surface area (Å²) in [5.74, 6) is 1.51. The molecule has 0 aliphatic carbocycles. The second kappa shape index (κ2) is 8.08. The van der Waals surface area contributed by atoms with Crippen molar-refractivity contribution in [1.82, 2.24) is 10.6 Å². The average molecular weight is 214 g/mol. The van der Waals surface area contributed by atoms with Crippen molar-refractivity contribution in [1.29, 1.82) is 0 Å².